The summed E-state index contributed by atoms with van der Waals surface area (Å²) in [5.41, 5.74) is 4.05. The molecular formula is C20H15ClN4. The molecule has 0 aliphatic heterocycles. The van der Waals surface area contributed by atoms with Crippen molar-refractivity contribution in [3.8, 4) is 0 Å². The molecule has 0 unspecified atom stereocenters. The number of benzene rings is 2. The van der Waals surface area contributed by atoms with Crippen molar-refractivity contribution in [1.82, 2.24) is 15.0 Å². The molecule has 2 aromatic heterocycles. The molecule has 0 aliphatic rings. The van der Waals surface area contributed by atoms with Crippen LogP contribution in [0.3, 0.4) is 0 Å². The predicted molar refractivity (Wildman–Crippen MR) is 101 cm³/mol. The average Bonchev–Trinajstić information content (AvgIpc) is 2.65. The maximum Gasteiger partial charge on any atom is 0.141 e. The van der Waals surface area contributed by atoms with E-state index in [0.717, 1.165) is 39.4 Å². The normalized spacial score (nSPS) is 10.8. The van der Waals surface area contributed by atoms with Crippen molar-refractivity contribution in [2.75, 3.05) is 5.32 Å². The fraction of sp³-hybridized carbons (Fsp3) is 0.0500. The number of nitrogens with zero attached hydrogens (tertiary/aromatic N) is 3. The lowest BCUT2D eigenvalue weighted by atomic mass is 10.1. The van der Waals surface area contributed by atoms with Gasteiger partial charge in [0, 0.05) is 28.5 Å². The van der Waals surface area contributed by atoms with Gasteiger partial charge in [0.15, 0.2) is 0 Å². The van der Waals surface area contributed by atoms with Crippen LogP contribution in [0.25, 0.3) is 10.9 Å². The monoisotopic (exact) mass is 346 g/mol. The molecule has 122 valence electrons. The van der Waals surface area contributed by atoms with Gasteiger partial charge >= 0.3 is 0 Å². The fourth-order valence-electron chi connectivity index (χ4n) is 2.73. The van der Waals surface area contributed by atoms with Crippen molar-refractivity contribution >= 4 is 34.0 Å². The van der Waals surface area contributed by atoms with E-state index < -0.39 is 0 Å². The van der Waals surface area contributed by atoms with Gasteiger partial charge < -0.3 is 5.32 Å². The number of aromatic nitrogens is 3. The Morgan fingerprint density at radius 3 is 2.60 bits per heavy atom. The summed E-state index contributed by atoms with van der Waals surface area (Å²) in [5.74, 6) is 0.767. The number of rotatable bonds is 4. The number of fused-ring (bicyclic) bond motifs is 1. The minimum Gasteiger partial charge on any atom is -0.340 e. The second-order valence-corrected chi connectivity index (χ2v) is 6.11. The molecule has 0 spiro atoms. The molecular weight excluding hydrogens is 332 g/mol. The molecule has 0 saturated heterocycles. The van der Waals surface area contributed by atoms with Crippen LogP contribution in [0.1, 0.15) is 11.1 Å². The van der Waals surface area contributed by atoms with Gasteiger partial charge in [0.05, 0.1) is 5.52 Å². The first-order chi connectivity index (χ1) is 12.3. The lowest BCUT2D eigenvalue weighted by molar-refractivity contribution is 1.16. The third kappa shape index (κ3) is 3.44. The molecule has 25 heavy (non-hydrogen) atoms. The molecule has 0 atom stereocenters. The van der Waals surface area contributed by atoms with Gasteiger partial charge in [-0.25, -0.2) is 9.97 Å². The minimum atomic E-state index is 0.722. The molecule has 0 bridgehead atoms. The number of halogens is 1. The maximum absolute atomic E-state index is 6.48. The summed E-state index contributed by atoms with van der Waals surface area (Å²) in [6.07, 6.45) is 5.92. The Bertz CT molecular complexity index is 1010. The summed E-state index contributed by atoms with van der Waals surface area (Å²) >= 11 is 6.48. The Kier molecular flexibility index (Phi) is 4.27. The fourth-order valence-corrected chi connectivity index (χ4v) is 2.98. The maximum atomic E-state index is 6.48. The van der Waals surface area contributed by atoms with Crippen LogP contribution in [0.2, 0.25) is 5.02 Å². The average molecular weight is 347 g/mol. The van der Waals surface area contributed by atoms with Crippen LogP contribution in [0.15, 0.2) is 73.3 Å². The summed E-state index contributed by atoms with van der Waals surface area (Å²) in [6.45, 7) is 0. The van der Waals surface area contributed by atoms with E-state index in [4.69, 9.17) is 11.6 Å². The van der Waals surface area contributed by atoms with E-state index in [0.29, 0.717) is 0 Å². The third-order valence-electron chi connectivity index (χ3n) is 4.00. The Morgan fingerprint density at radius 2 is 1.76 bits per heavy atom. The van der Waals surface area contributed by atoms with Crippen LogP contribution < -0.4 is 5.32 Å². The van der Waals surface area contributed by atoms with E-state index in [1.807, 2.05) is 54.6 Å². The van der Waals surface area contributed by atoms with Crippen LogP contribution in [0.4, 0.5) is 11.5 Å². The van der Waals surface area contributed by atoms with Crippen molar-refractivity contribution in [2.24, 2.45) is 0 Å². The SMILES string of the molecule is Clc1cc(Nc2ncnc3ccccc23)ccc1Cc1ccncc1. The van der Waals surface area contributed by atoms with Gasteiger partial charge in [-0.1, -0.05) is 29.8 Å². The quantitative estimate of drug-likeness (QED) is 0.564. The van der Waals surface area contributed by atoms with Crippen molar-refractivity contribution in [2.45, 2.75) is 6.42 Å². The highest BCUT2D eigenvalue weighted by atomic mass is 35.5. The molecule has 5 heteroatoms. The van der Waals surface area contributed by atoms with Gasteiger partial charge in [0.1, 0.15) is 12.1 Å². The van der Waals surface area contributed by atoms with Crippen molar-refractivity contribution in [3.05, 3.63) is 89.5 Å². The molecule has 4 aromatic rings. The predicted octanol–water partition coefficient (Wildman–Crippen LogP) is 5.01. The molecule has 0 saturated carbocycles. The molecule has 0 radical (unpaired) electrons. The lowest BCUT2D eigenvalue weighted by Crippen LogP contribution is -1.97. The highest BCUT2D eigenvalue weighted by molar-refractivity contribution is 6.31. The summed E-state index contributed by atoms with van der Waals surface area (Å²) in [7, 11) is 0. The number of nitrogens with one attached hydrogen (secondary N) is 1. The number of hydrogen-bond acceptors (Lipinski definition) is 4. The van der Waals surface area contributed by atoms with Gasteiger partial charge in [0.2, 0.25) is 0 Å². The van der Waals surface area contributed by atoms with Gasteiger partial charge in [-0.05, 0) is 53.9 Å². The summed E-state index contributed by atoms with van der Waals surface area (Å²) in [4.78, 5) is 12.7. The van der Waals surface area contributed by atoms with E-state index in [9.17, 15) is 0 Å². The molecule has 4 rings (SSSR count). The molecule has 2 heterocycles. The third-order valence-corrected chi connectivity index (χ3v) is 4.35. The second kappa shape index (κ2) is 6.87. The number of hydrogen-bond donors (Lipinski definition) is 1. The largest absolute Gasteiger partial charge is 0.340 e. The van der Waals surface area contributed by atoms with Crippen LogP contribution in [0.5, 0.6) is 0 Å². The van der Waals surface area contributed by atoms with E-state index in [1.54, 1.807) is 18.7 Å². The smallest absolute Gasteiger partial charge is 0.141 e. The zero-order valence-corrected chi connectivity index (χ0v) is 14.1. The summed E-state index contributed by atoms with van der Waals surface area (Å²) in [5, 5.41) is 5.03. The number of para-hydroxylation sites is 1. The lowest BCUT2D eigenvalue weighted by Gasteiger charge is -2.11. The van der Waals surface area contributed by atoms with E-state index in [1.165, 1.54) is 5.56 Å². The zero-order chi connectivity index (χ0) is 17.1. The van der Waals surface area contributed by atoms with Crippen molar-refractivity contribution in [1.29, 1.82) is 0 Å². The highest BCUT2D eigenvalue weighted by Crippen LogP contribution is 2.27. The first-order valence-electron chi connectivity index (χ1n) is 7.94. The van der Waals surface area contributed by atoms with Gasteiger partial charge in [0.25, 0.3) is 0 Å². The first-order valence-corrected chi connectivity index (χ1v) is 8.31. The summed E-state index contributed by atoms with van der Waals surface area (Å²) in [6, 6.07) is 17.9. The second-order valence-electron chi connectivity index (χ2n) is 5.70. The van der Waals surface area contributed by atoms with E-state index in [-0.39, 0.29) is 0 Å². The van der Waals surface area contributed by atoms with E-state index in [2.05, 4.69) is 20.3 Å². The van der Waals surface area contributed by atoms with Crippen LogP contribution in [-0.4, -0.2) is 15.0 Å². The number of anilines is 2. The Labute approximate surface area is 150 Å². The standard InChI is InChI=1S/C20H15ClN4/c21-18-12-16(6-5-15(18)11-14-7-9-22-10-8-14)25-20-17-3-1-2-4-19(17)23-13-24-20/h1-10,12-13H,11H2,(H,23,24,25). The van der Waals surface area contributed by atoms with Crippen molar-refractivity contribution < 1.29 is 0 Å². The van der Waals surface area contributed by atoms with Gasteiger partial charge in [-0.15, -0.1) is 0 Å². The molecule has 4 nitrogen and oxygen atoms in total. The van der Waals surface area contributed by atoms with Crippen molar-refractivity contribution in [3.63, 3.8) is 0 Å². The molecule has 2 aromatic carbocycles. The summed E-state index contributed by atoms with van der Waals surface area (Å²) < 4.78 is 0. The van der Waals surface area contributed by atoms with Crippen LogP contribution in [0, 0.1) is 0 Å². The van der Waals surface area contributed by atoms with Crippen LogP contribution in [-0.2, 0) is 6.42 Å². The molecule has 0 aliphatic carbocycles. The molecule has 0 amide bonds. The van der Waals surface area contributed by atoms with Gasteiger partial charge in [-0.2, -0.15) is 0 Å². The Balaban J connectivity index is 1.60. The van der Waals surface area contributed by atoms with E-state index >= 15 is 0 Å². The topological polar surface area (TPSA) is 50.7 Å². The zero-order valence-electron chi connectivity index (χ0n) is 13.4. The van der Waals surface area contributed by atoms with Crippen LogP contribution >= 0.6 is 11.6 Å². The Hall–Kier alpha value is -2.98. The highest BCUT2D eigenvalue weighted by Gasteiger charge is 2.06. The molecule has 0 fully saturated rings. The Morgan fingerprint density at radius 1 is 0.920 bits per heavy atom. The number of pyridine rings is 1. The molecule has 1 N–H and O–H groups in total. The van der Waals surface area contributed by atoms with Gasteiger partial charge in [-0.3, -0.25) is 4.98 Å². The minimum absolute atomic E-state index is 0.722. The first kappa shape index (κ1) is 15.5.